The van der Waals surface area contributed by atoms with Crippen molar-refractivity contribution < 1.29 is 34.4 Å². The molecule has 4 saturated carbocycles. The highest BCUT2D eigenvalue weighted by molar-refractivity contribution is 14.2. The van der Waals surface area contributed by atoms with E-state index in [1.165, 1.54) is 12.8 Å². The molecule has 11 heteroatoms. The average Bonchev–Trinajstić information content (AvgIpc) is 3.44. The molecule has 0 saturated heterocycles. The lowest BCUT2D eigenvalue weighted by Gasteiger charge is -2.62. The molecule has 2 aromatic rings. The van der Waals surface area contributed by atoms with E-state index in [2.05, 4.69) is 20.8 Å². The molecule has 4 fully saturated rings. The molecule has 3 N–H and O–H groups in total. The Labute approximate surface area is 338 Å². The van der Waals surface area contributed by atoms with Crippen molar-refractivity contribution in [2.75, 3.05) is 0 Å². The monoisotopic (exact) mass is 1030 g/mol. The summed E-state index contributed by atoms with van der Waals surface area (Å²) >= 11 is 5.94. The number of halogens is 3. The number of hydrogen-bond donors (Lipinski definition) is 3. The van der Waals surface area contributed by atoms with Crippen molar-refractivity contribution in [3.8, 4) is 17.2 Å². The van der Waals surface area contributed by atoms with Gasteiger partial charge in [0.25, 0.3) is 0 Å². The van der Waals surface area contributed by atoms with E-state index in [1.54, 1.807) is 25.6 Å². The van der Waals surface area contributed by atoms with Crippen molar-refractivity contribution in [2.45, 2.75) is 107 Å². The van der Waals surface area contributed by atoms with Crippen molar-refractivity contribution in [2.24, 2.45) is 46.3 Å². The molecule has 4 aliphatic carbocycles. The number of carbonyl (C=O) groups is 2. The van der Waals surface area contributed by atoms with Gasteiger partial charge in [-0.1, -0.05) is 32.9 Å². The van der Waals surface area contributed by atoms with Crippen LogP contribution in [-0.2, 0) is 16.0 Å². The number of aliphatic hydroxyl groups is 2. The highest BCUT2D eigenvalue weighted by Gasteiger charge is 2.63. The van der Waals surface area contributed by atoms with E-state index in [1.807, 2.05) is 92.6 Å². The van der Waals surface area contributed by atoms with E-state index in [9.17, 15) is 24.9 Å². The van der Waals surface area contributed by atoms with E-state index >= 15 is 0 Å². The SMILES string of the molecule is C[C@H](CCC(=O)Oc1ccc(Oc2ccc(C[C@@](I)(C(=O)O)N(I)I)cc2)cc1)[C@H]1CCC2C3CC[C@@H]4C[C@H](O)CC[C@]4(C)C3C[C@H](O)[C@@]21C. The maximum Gasteiger partial charge on any atom is 0.336 e. The molecule has 50 heavy (non-hydrogen) atoms. The lowest BCUT2D eigenvalue weighted by Crippen LogP contribution is -2.58. The number of alkyl halides is 1. The first kappa shape index (κ1) is 39.0. The number of benzene rings is 2. The summed E-state index contributed by atoms with van der Waals surface area (Å²) in [5.41, 5.74) is 0.988. The summed E-state index contributed by atoms with van der Waals surface area (Å²) in [5.74, 6) is 3.53. The summed E-state index contributed by atoms with van der Waals surface area (Å²) < 4.78 is 12.3. The number of carboxylic acids is 1. The Hall–Kier alpha value is -0.750. The molecule has 0 aliphatic heterocycles. The smallest absolute Gasteiger partial charge is 0.336 e. The predicted molar refractivity (Wildman–Crippen MR) is 218 cm³/mol. The number of aliphatic hydroxyl groups excluding tert-OH is 2. The van der Waals surface area contributed by atoms with Crippen LogP contribution in [0.1, 0.15) is 90.5 Å². The summed E-state index contributed by atoms with van der Waals surface area (Å²) in [6.07, 6.45) is 9.39. The van der Waals surface area contributed by atoms with Gasteiger partial charge in [-0.25, -0.2) is 4.79 Å². The van der Waals surface area contributed by atoms with Gasteiger partial charge in [-0.2, -0.15) is 1.33 Å². The van der Waals surface area contributed by atoms with Gasteiger partial charge in [-0.15, -0.1) is 0 Å². The Balaban J connectivity index is 0.997. The molecular weight excluding hydrogens is 975 g/mol. The fraction of sp³-hybridized carbons (Fsp3) is 0.641. The maximum atomic E-state index is 13.0. The fourth-order valence-electron chi connectivity index (χ4n) is 10.8. The molecule has 0 spiro atoms. The lowest BCUT2D eigenvalue weighted by molar-refractivity contribution is -0.175. The van der Waals surface area contributed by atoms with Crippen LogP contribution >= 0.6 is 68.3 Å². The van der Waals surface area contributed by atoms with Crippen molar-refractivity contribution in [1.82, 2.24) is 1.33 Å². The highest BCUT2D eigenvalue weighted by atomic mass is 127. The molecule has 4 aliphatic rings. The fourth-order valence-corrected chi connectivity index (χ4v) is 11.9. The van der Waals surface area contributed by atoms with Crippen LogP contribution < -0.4 is 9.47 Å². The van der Waals surface area contributed by atoms with Crippen molar-refractivity contribution in [3.05, 3.63) is 54.1 Å². The molecule has 2 aromatic carbocycles. The number of hydrogen-bond acceptors (Lipinski definition) is 7. The normalized spacial score (nSPS) is 35.3. The highest BCUT2D eigenvalue weighted by Crippen LogP contribution is 2.68. The third-order valence-electron chi connectivity index (χ3n) is 13.6. The molecule has 0 bridgehead atoms. The van der Waals surface area contributed by atoms with Crippen LogP contribution in [0.15, 0.2) is 48.5 Å². The lowest BCUT2D eigenvalue weighted by atomic mass is 9.43. The number of ether oxygens (including phenoxy) is 2. The number of carboxylic acid groups (broad SMARTS) is 1. The van der Waals surface area contributed by atoms with Crippen LogP contribution in [0.5, 0.6) is 17.2 Å². The molecule has 6 rings (SSSR count). The van der Waals surface area contributed by atoms with Gasteiger partial charge >= 0.3 is 11.9 Å². The number of esters is 1. The van der Waals surface area contributed by atoms with E-state index < -0.39 is 9.51 Å². The standard InChI is InChI=1S/C39H50I3NO7/c1-23(31-15-16-32-30-14-7-25-20-26(44)18-19-37(25,2)33(30)21-34(45)38(31,32)3)4-17-35(46)50-29-12-10-28(11-13-29)49-27-8-5-24(6-9-27)22-39(40,36(47)48)43(41)42/h5-6,8-13,23,25-26,30-34,44-45H,4,7,14-22H2,1-3H3,(H,47,48)/t23-,25-,26-,30?,31-,32?,33?,34+,37+,38-,39+/m1/s1. The first-order chi connectivity index (χ1) is 23.6. The zero-order valence-corrected chi connectivity index (χ0v) is 35.5. The largest absolute Gasteiger partial charge is 0.479 e. The summed E-state index contributed by atoms with van der Waals surface area (Å²) in [6.45, 7) is 7.07. The van der Waals surface area contributed by atoms with Crippen LogP contribution in [0.2, 0.25) is 0 Å². The van der Waals surface area contributed by atoms with Crippen LogP contribution in [-0.4, -0.2) is 44.3 Å². The van der Waals surface area contributed by atoms with Gasteiger partial charge in [0, 0.05) is 58.6 Å². The van der Waals surface area contributed by atoms with E-state index in [-0.39, 0.29) is 29.0 Å². The Bertz CT molecular complexity index is 1520. The molecule has 0 heterocycles. The van der Waals surface area contributed by atoms with Crippen LogP contribution in [0.3, 0.4) is 0 Å². The second kappa shape index (κ2) is 15.5. The van der Waals surface area contributed by atoms with Crippen LogP contribution in [0.25, 0.3) is 0 Å². The molecule has 0 amide bonds. The Morgan fingerprint density at radius 3 is 2.20 bits per heavy atom. The topological polar surface area (TPSA) is 117 Å². The van der Waals surface area contributed by atoms with E-state index in [0.717, 1.165) is 50.5 Å². The van der Waals surface area contributed by atoms with Gasteiger partial charge in [0.2, 0.25) is 0 Å². The summed E-state index contributed by atoms with van der Waals surface area (Å²) in [4.78, 5) is 24.8. The van der Waals surface area contributed by atoms with Crippen molar-refractivity contribution in [3.63, 3.8) is 0 Å². The quantitative estimate of drug-likeness (QED) is 0.0510. The molecular formula is C39H50I3NO7. The van der Waals surface area contributed by atoms with Gasteiger partial charge in [-0.05, 0) is 169 Å². The number of carbonyl (C=O) groups excluding carboxylic acids is 1. The number of aliphatic carboxylic acids is 1. The first-order valence-corrected chi connectivity index (χ1v) is 21.1. The second-order valence-corrected chi connectivity index (χ2v) is 21.6. The summed E-state index contributed by atoms with van der Waals surface area (Å²) in [6, 6.07) is 14.4. The first-order valence-electron chi connectivity index (χ1n) is 18.1. The molecule has 3 unspecified atom stereocenters. The Morgan fingerprint density at radius 1 is 0.920 bits per heavy atom. The van der Waals surface area contributed by atoms with Gasteiger partial charge in [0.1, 0.15) is 17.2 Å². The van der Waals surface area contributed by atoms with Crippen molar-refractivity contribution >= 4 is 80.3 Å². The van der Waals surface area contributed by atoms with Gasteiger partial charge in [-0.3, -0.25) is 4.79 Å². The minimum Gasteiger partial charge on any atom is -0.479 e. The second-order valence-electron chi connectivity index (χ2n) is 16.1. The van der Waals surface area contributed by atoms with E-state index in [0.29, 0.717) is 65.6 Å². The number of rotatable bonds is 11. The van der Waals surface area contributed by atoms with Crippen LogP contribution in [0.4, 0.5) is 0 Å². The van der Waals surface area contributed by atoms with Crippen molar-refractivity contribution in [1.29, 1.82) is 0 Å². The minimum atomic E-state index is -1.06. The van der Waals surface area contributed by atoms with E-state index in [4.69, 9.17) is 9.47 Å². The molecule has 0 aromatic heterocycles. The zero-order chi connectivity index (χ0) is 36.0. The Kier molecular flexibility index (Phi) is 12.1. The third kappa shape index (κ3) is 7.61. The Morgan fingerprint density at radius 2 is 1.56 bits per heavy atom. The molecule has 8 nitrogen and oxygen atoms in total. The minimum absolute atomic E-state index is 0.123. The number of nitrogens with zero attached hydrogens (tertiary/aromatic N) is 1. The summed E-state index contributed by atoms with van der Waals surface area (Å²) in [5, 5.41) is 31.9. The third-order valence-corrected chi connectivity index (χ3v) is 18.4. The molecule has 0 radical (unpaired) electrons. The summed E-state index contributed by atoms with van der Waals surface area (Å²) in [7, 11) is 0. The van der Waals surface area contributed by atoms with Crippen LogP contribution in [0, 0.1) is 46.3 Å². The maximum absolute atomic E-state index is 13.0. The zero-order valence-electron chi connectivity index (χ0n) is 29.1. The molecule has 274 valence electrons. The van der Waals surface area contributed by atoms with Gasteiger partial charge < -0.3 is 24.8 Å². The number of fused-ring (bicyclic) bond motifs is 5. The average molecular weight is 1030 g/mol. The molecule has 11 atom stereocenters. The predicted octanol–water partition coefficient (Wildman–Crippen LogP) is 9.55. The van der Waals surface area contributed by atoms with Gasteiger partial charge in [0.05, 0.1) is 12.2 Å². The van der Waals surface area contributed by atoms with Gasteiger partial charge in [0.15, 0.2) is 3.55 Å².